The van der Waals surface area contributed by atoms with E-state index in [-0.39, 0.29) is 18.7 Å². The average molecular weight is 296 g/mol. The van der Waals surface area contributed by atoms with Gasteiger partial charge in [-0.1, -0.05) is 5.16 Å². The van der Waals surface area contributed by atoms with Gasteiger partial charge < -0.3 is 16.3 Å². The number of halogens is 3. The summed E-state index contributed by atoms with van der Waals surface area (Å²) in [4.78, 5) is 23.8. The molecule has 0 aromatic rings. The van der Waals surface area contributed by atoms with Crippen LogP contribution in [-0.2, 0) is 9.59 Å². The van der Waals surface area contributed by atoms with Crippen molar-refractivity contribution in [3.63, 3.8) is 0 Å². The van der Waals surface area contributed by atoms with Crippen molar-refractivity contribution >= 4 is 17.6 Å². The van der Waals surface area contributed by atoms with Crippen LogP contribution in [0.2, 0.25) is 0 Å². The molecule has 20 heavy (non-hydrogen) atoms. The molecule has 0 spiro atoms. The molecule has 1 heterocycles. The molecule has 0 saturated carbocycles. The van der Waals surface area contributed by atoms with Crippen LogP contribution in [0.3, 0.4) is 0 Å². The zero-order valence-electron chi connectivity index (χ0n) is 10.6. The minimum absolute atomic E-state index is 0.0696. The van der Waals surface area contributed by atoms with Gasteiger partial charge in [0.05, 0.1) is 6.04 Å². The molecule has 4 N–H and O–H groups in total. The van der Waals surface area contributed by atoms with Gasteiger partial charge in [0.1, 0.15) is 5.92 Å². The van der Waals surface area contributed by atoms with E-state index < -0.39 is 36.4 Å². The van der Waals surface area contributed by atoms with E-state index in [0.29, 0.717) is 0 Å². The maximum atomic E-state index is 12.7. The van der Waals surface area contributed by atoms with Crippen molar-refractivity contribution in [1.29, 1.82) is 0 Å². The minimum Gasteiger partial charge on any atom is -0.409 e. The maximum absolute atomic E-state index is 12.7. The van der Waals surface area contributed by atoms with Crippen molar-refractivity contribution in [2.24, 2.45) is 16.8 Å². The lowest BCUT2D eigenvalue weighted by atomic mass is 10.0. The number of imide groups is 1. The first-order valence-corrected chi connectivity index (χ1v) is 5.76. The van der Waals surface area contributed by atoms with Gasteiger partial charge in [-0.25, -0.2) is 0 Å². The second-order valence-corrected chi connectivity index (χ2v) is 4.41. The van der Waals surface area contributed by atoms with E-state index in [4.69, 9.17) is 10.9 Å². The van der Waals surface area contributed by atoms with Crippen molar-refractivity contribution in [2.75, 3.05) is 13.6 Å². The molecule has 2 atom stereocenters. The normalized spacial score (nSPS) is 23.1. The Morgan fingerprint density at radius 3 is 2.70 bits per heavy atom. The summed E-state index contributed by atoms with van der Waals surface area (Å²) < 4.78 is 38.1. The van der Waals surface area contributed by atoms with Crippen molar-refractivity contribution in [1.82, 2.24) is 10.2 Å². The van der Waals surface area contributed by atoms with E-state index in [1.807, 2.05) is 0 Å². The molecule has 1 aliphatic heterocycles. The number of carbonyl (C=O) groups is 2. The summed E-state index contributed by atoms with van der Waals surface area (Å²) in [6.45, 7) is -0.710. The number of hydrogen-bond donors (Lipinski definition) is 3. The number of rotatable bonds is 4. The van der Waals surface area contributed by atoms with E-state index in [1.54, 1.807) is 0 Å². The first-order chi connectivity index (χ1) is 9.18. The van der Waals surface area contributed by atoms with Gasteiger partial charge >= 0.3 is 6.18 Å². The second-order valence-electron chi connectivity index (χ2n) is 4.41. The largest absolute Gasteiger partial charge is 0.409 e. The van der Waals surface area contributed by atoms with Gasteiger partial charge in [-0.05, 0) is 6.42 Å². The van der Waals surface area contributed by atoms with Gasteiger partial charge in [0.15, 0.2) is 5.84 Å². The van der Waals surface area contributed by atoms with Gasteiger partial charge in [0.2, 0.25) is 11.8 Å². The number of nitrogens with two attached hydrogens (primary N) is 1. The van der Waals surface area contributed by atoms with E-state index in [2.05, 4.69) is 10.5 Å². The number of nitrogens with zero attached hydrogens (tertiary/aromatic N) is 2. The highest BCUT2D eigenvalue weighted by Crippen LogP contribution is 2.26. The maximum Gasteiger partial charge on any atom is 0.400 e. The molecule has 0 aromatic carbocycles. The Balaban J connectivity index is 2.69. The molecule has 1 saturated heterocycles. The number of hydrogen-bond acceptors (Lipinski definition) is 5. The predicted molar refractivity (Wildman–Crippen MR) is 61.8 cm³/mol. The lowest BCUT2D eigenvalue weighted by molar-refractivity contribution is -0.158. The summed E-state index contributed by atoms with van der Waals surface area (Å²) in [5.74, 6) is -4.17. The molecule has 0 aliphatic carbocycles. The Morgan fingerprint density at radius 1 is 1.60 bits per heavy atom. The van der Waals surface area contributed by atoms with Crippen molar-refractivity contribution < 1.29 is 28.0 Å². The first kappa shape index (κ1) is 16.2. The molecule has 7 nitrogen and oxygen atoms in total. The van der Waals surface area contributed by atoms with E-state index in [9.17, 15) is 22.8 Å². The number of amides is 2. The molecule has 10 heteroatoms. The number of likely N-dealkylation sites (N-methyl/N-ethyl adjacent to an activating group) is 1. The molecular formula is C10H15F3N4O3. The number of amidine groups is 1. The Hall–Kier alpha value is -1.84. The van der Waals surface area contributed by atoms with Crippen LogP contribution in [-0.4, -0.2) is 53.6 Å². The first-order valence-electron chi connectivity index (χ1n) is 5.76. The number of piperidine rings is 1. The number of carbonyl (C=O) groups excluding carboxylic acids is 2. The second kappa shape index (κ2) is 6.07. The van der Waals surface area contributed by atoms with Crippen molar-refractivity contribution in [3.8, 4) is 0 Å². The molecule has 0 radical (unpaired) electrons. The van der Waals surface area contributed by atoms with Crippen LogP contribution in [0.25, 0.3) is 0 Å². The SMILES string of the molecule is CN1C(=O)CCC(NCC(C(N)=NO)C(F)(F)F)C1=O. The average Bonchev–Trinajstić information content (AvgIpc) is 2.36. The van der Waals surface area contributed by atoms with E-state index in [0.717, 1.165) is 4.90 Å². The summed E-state index contributed by atoms with van der Waals surface area (Å²) in [6, 6.07) is -0.894. The summed E-state index contributed by atoms with van der Waals surface area (Å²) in [5, 5.41) is 13.1. The topological polar surface area (TPSA) is 108 Å². The van der Waals surface area contributed by atoms with Crippen LogP contribution in [0.15, 0.2) is 5.16 Å². The Morgan fingerprint density at radius 2 is 2.20 bits per heavy atom. The predicted octanol–water partition coefficient (Wildman–Crippen LogP) is -0.352. The molecule has 1 rings (SSSR count). The summed E-state index contributed by atoms with van der Waals surface area (Å²) in [6.07, 6.45) is -4.52. The zero-order valence-corrected chi connectivity index (χ0v) is 10.6. The van der Waals surface area contributed by atoms with Crippen LogP contribution in [0, 0.1) is 5.92 Å². The smallest absolute Gasteiger partial charge is 0.400 e. The fourth-order valence-corrected chi connectivity index (χ4v) is 1.82. The van der Waals surface area contributed by atoms with Crippen molar-refractivity contribution in [2.45, 2.75) is 25.1 Å². The lowest BCUT2D eigenvalue weighted by Crippen LogP contribution is -2.54. The van der Waals surface area contributed by atoms with Crippen LogP contribution in [0.5, 0.6) is 0 Å². The summed E-state index contributed by atoms with van der Waals surface area (Å²) in [5.41, 5.74) is 4.99. The Labute approximate surface area is 112 Å². The molecular weight excluding hydrogens is 281 g/mol. The minimum atomic E-state index is -4.71. The third kappa shape index (κ3) is 3.59. The zero-order chi connectivity index (χ0) is 15.5. The number of oxime groups is 1. The molecule has 114 valence electrons. The molecule has 0 bridgehead atoms. The third-order valence-corrected chi connectivity index (χ3v) is 3.09. The highest BCUT2D eigenvalue weighted by molar-refractivity contribution is 6.00. The van der Waals surface area contributed by atoms with Gasteiger partial charge in [-0.15, -0.1) is 0 Å². The molecule has 0 aromatic heterocycles. The van der Waals surface area contributed by atoms with E-state index in [1.165, 1.54) is 7.05 Å². The van der Waals surface area contributed by atoms with Gasteiger partial charge in [0.25, 0.3) is 0 Å². The molecule has 2 amide bonds. The summed E-state index contributed by atoms with van der Waals surface area (Å²) >= 11 is 0. The van der Waals surface area contributed by atoms with E-state index >= 15 is 0 Å². The lowest BCUT2D eigenvalue weighted by Gasteiger charge is -2.29. The van der Waals surface area contributed by atoms with Crippen LogP contribution < -0.4 is 11.1 Å². The van der Waals surface area contributed by atoms with Crippen LogP contribution in [0.1, 0.15) is 12.8 Å². The van der Waals surface area contributed by atoms with Crippen LogP contribution in [0.4, 0.5) is 13.2 Å². The number of nitrogens with one attached hydrogen (secondary N) is 1. The quantitative estimate of drug-likeness (QED) is 0.216. The third-order valence-electron chi connectivity index (χ3n) is 3.09. The number of likely N-dealkylation sites (tertiary alicyclic amines) is 1. The highest BCUT2D eigenvalue weighted by Gasteiger charge is 2.43. The summed E-state index contributed by atoms with van der Waals surface area (Å²) in [7, 11) is 1.27. The Bertz CT molecular complexity index is 424. The monoisotopic (exact) mass is 296 g/mol. The van der Waals surface area contributed by atoms with Crippen LogP contribution >= 0.6 is 0 Å². The van der Waals surface area contributed by atoms with Gasteiger partial charge in [0, 0.05) is 20.0 Å². The fourth-order valence-electron chi connectivity index (χ4n) is 1.82. The highest BCUT2D eigenvalue weighted by atomic mass is 19.4. The van der Waals surface area contributed by atoms with Crippen molar-refractivity contribution in [3.05, 3.63) is 0 Å². The van der Waals surface area contributed by atoms with Gasteiger partial charge in [-0.3, -0.25) is 14.5 Å². The number of alkyl halides is 3. The fraction of sp³-hybridized carbons (Fsp3) is 0.700. The Kier molecular flexibility index (Phi) is 4.93. The molecule has 1 fully saturated rings. The van der Waals surface area contributed by atoms with Gasteiger partial charge in [-0.2, -0.15) is 13.2 Å². The standard InChI is InChI=1S/C10H15F3N4O3/c1-17-7(18)3-2-6(9(17)19)15-4-5(8(14)16-20)10(11,12)13/h5-6,15,20H,2-4H2,1H3,(H2,14,16). The molecule has 1 aliphatic rings. The molecule has 2 unspecified atom stereocenters.